The normalized spacial score (nSPS) is 13.4. The van der Waals surface area contributed by atoms with Gasteiger partial charge in [-0.3, -0.25) is 14.4 Å². The van der Waals surface area contributed by atoms with Crippen molar-refractivity contribution >= 4 is 45.6 Å². The third-order valence-electron chi connectivity index (χ3n) is 7.78. The highest BCUT2D eigenvalue weighted by atomic mass is 16.6. The quantitative estimate of drug-likeness (QED) is 0.121. The zero-order valence-corrected chi connectivity index (χ0v) is 26.6. The van der Waals surface area contributed by atoms with E-state index in [9.17, 15) is 19.2 Å². The summed E-state index contributed by atoms with van der Waals surface area (Å²) in [7, 11) is 0. The lowest BCUT2D eigenvalue weighted by Crippen LogP contribution is -2.58. The first-order valence-corrected chi connectivity index (χ1v) is 15.5. The van der Waals surface area contributed by atoms with Crippen LogP contribution < -0.4 is 21.7 Å². The Kier molecular flexibility index (Phi) is 9.94. The Morgan fingerprint density at radius 2 is 1.13 bits per heavy atom. The molecule has 3 aromatic carbocycles. The summed E-state index contributed by atoms with van der Waals surface area (Å²) < 4.78 is 5.47. The maximum absolute atomic E-state index is 14.1. The molecule has 0 saturated heterocycles. The van der Waals surface area contributed by atoms with Crippen LogP contribution in [0, 0.1) is 0 Å². The third kappa shape index (κ3) is 8.57. The van der Waals surface area contributed by atoms with Crippen LogP contribution >= 0.6 is 0 Å². The molecule has 47 heavy (non-hydrogen) atoms. The standard InChI is InChI=1S/C36H40N6O5/c1-36(2,3)47-35(46)42-31(19-24-21-39-28-16-10-8-14-26(24)28)34(45)41-30(18-23-20-38-27-15-9-7-13-25(23)27)33(44)40-29(32(37)43)17-22-11-5-4-6-12-22/h4-16,20-21,29-31,38-39H,17-19H2,1-3H3,(H2,37,43)(H,40,44)(H,41,45)(H,42,46)/t29-,30+,31+/m0/s1. The average molecular weight is 637 g/mol. The van der Waals surface area contributed by atoms with E-state index in [2.05, 4.69) is 25.9 Å². The zero-order valence-electron chi connectivity index (χ0n) is 26.6. The maximum atomic E-state index is 14.1. The van der Waals surface area contributed by atoms with Gasteiger partial charge in [0, 0.05) is 53.5 Å². The summed E-state index contributed by atoms with van der Waals surface area (Å²) in [4.78, 5) is 59.7. The lowest BCUT2D eigenvalue weighted by molar-refractivity contribution is -0.132. The summed E-state index contributed by atoms with van der Waals surface area (Å²) in [5, 5.41) is 10.1. The molecule has 11 heteroatoms. The number of carbonyl (C=O) groups is 4. The molecule has 4 amide bonds. The fourth-order valence-corrected chi connectivity index (χ4v) is 5.53. The number of carbonyl (C=O) groups excluding carboxylic acids is 4. The second-order valence-corrected chi connectivity index (χ2v) is 12.5. The first-order chi connectivity index (χ1) is 22.5. The van der Waals surface area contributed by atoms with Crippen LogP contribution in [0.1, 0.15) is 37.5 Å². The number of alkyl carbamates (subject to hydrolysis) is 1. The molecule has 0 aliphatic rings. The summed E-state index contributed by atoms with van der Waals surface area (Å²) in [5.41, 5.74) is 9.06. The number of hydrogen-bond donors (Lipinski definition) is 6. The molecular formula is C36H40N6O5. The molecule has 2 heterocycles. The third-order valence-corrected chi connectivity index (χ3v) is 7.78. The number of rotatable bonds is 12. The topological polar surface area (TPSA) is 171 Å². The molecule has 0 radical (unpaired) electrons. The van der Waals surface area contributed by atoms with Gasteiger partial charge in [-0.2, -0.15) is 0 Å². The number of H-pyrrole nitrogens is 2. The van der Waals surface area contributed by atoms with Crippen molar-refractivity contribution in [1.82, 2.24) is 25.9 Å². The number of ether oxygens (including phenoxy) is 1. The molecule has 7 N–H and O–H groups in total. The molecule has 0 unspecified atom stereocenters. The molecule has 244 valence electrons. The number of fused-ring (bicyclic) bond motifs is 2. The fourth-order valence-electron chi connectivity index (χ4n) is 5.53. The van der Waals surface area contributed by atoms with Crippen LogP contribution in [-0.4, -0.2) is 57.5 Å². The second kappa shape index (κ2) is 14.2. The summed E-state index contributed by atoms with van der Waals surface area (Å²) in [6.45, 7) is 5.19. The van der Waals surface area contributed by atoms with Gasteiger partial charge in [0.2, 0.25) is 17.7 Å². The van der Waals surface area contributed by atoms with Crippen molar-refractivity contribution < 1.29 is 23.9 Å². The fraction of sp³-hybridized carbons (Fsp3) is 0.278. The summed E-state index contributed by atoms with van der Waals surface area (Å²) in [5.74, 6) is -1.89. The van der Waals surface area contributed by atoms with Crippen LogP contribution in [0.5, 0.6) is 0 Å². The first kappa shape index (κ1) is 32.8. The Balaban J connectivity index is 1.43. The lowest BCUT2D eigenvalue weighted by Gasteiger charge is -2.26. The van der Waals surface area contributed by atoms with Gasteiger partial charge in [-0.05, 0) is 49.6 Å². The molecule has 0 aliphatic carbocycles. The molecule has 5 rings (SSSR count). The van der Waals surface area contributed by atoms with Gasteiger partial charge in [-0.25, -0.2) is 4.79 Å². The molecule has 5 aromatic rings. The Morgan fingerprint density at radius 3 is 1.64 bits per heavy atom. The van der Waals surface area contributed by atoms with Gasteiger partial charge in [0.25, 0.3) is 0 Å². The summed E-state index contributed by atoms with van der Waals surface area (Å²) in [6.07, 6.45) is 3.21. The van der Waals surface area contributed by atoms with E-state index < -0.39 is 47.5 Å². The first-order valence-electron chi connectivity index (χ1n) is 15.5. The minimum atomic E-state index is -1.12. The van der Waals surface area contributed by atoms with Crippen LogP contribution in [0.25, 0.3) is 21.8 Å². The van der Waals surface area contributed by atoms with Gasteiger partial charge < -0.3 is 36.4 Å². The molecule has 2 aromatic heterocycles. The average Bonchev–Trinajstić information content (AvgIpc) is 3.63. The number of amides is 4. The van der Waals surface area contributed by atoms with Gasteiger partial charge in [0.05, 0.1) is 0 Å². The number of aromatic amines is 2. The van der Waals surface area contributed by atoms with Crippen molar-refractivity contribution in [3.05, 3.63) is 108 Å². The SMILES string of the molecule is CC(C)(C)OC(=O)N[C@H](Cc1c[nH]c2ccccc12)C(=O)N[C@H](Cc1c[nH]c2ccccc12)C(=O)N[C@@H](Cc1ccccc1)C(N)=O. The van der Waals surface area contributed by atoms with E-state index in [-0.39, 0.29) is 19.3 Å². The van der Waals surface area contributed by atoms with Gasteiger partial charge >= 0.3 is 6.09 Å². The summed E-state index contributed by atoms with van der Waals surface area (Å²) >= 11 is 0. The van der Waals surface area contributed by atoms with Crippen molar-refractivity contribution in [3.8, 4) is 0 Å². The zero-order chi connectivity index (χ0) is 33.6. The van der Waals surface area contributed by atoms with Crippen molar-refractivity contribution in [2.75, 3.05) is 0 Å². The molecule has 0 aliphatic heterocycles. The van der Waals surface area contributed by atoms with Crippen molar-refractivity contribution in [2.45, 2.75) is 63.8 Å². The van der Waals surface area contributed by atoms with Crippen LogP contribution in [0.2, 0.25) is 0 Å². The van der Waals surface area contributed by atoms with E-state index in [4.69, 9.17) is 10.5 Å². The van der Waals surface area contributed by atoms with Crippen LogP contribution in [0.15, 0.2) is 91.3 Å². The Morgan fingerprint density at radius 1 is 0.660 bits per heavy atom. The molecule has 3 atom stereocenters. The number of benzene rings is 3. The van der Waals surface area contributed by atoms with E-state index in [1.165, 1.54) is 0 Å². The molecule has 0 fully saturated rings. The molecule has 0 spiro atoms. The molecule has 0 bridgehead atoms. The minimum absolute atomic E-state index is 0.102. The van der Waals surface area contributed by atoms with Crippen molar-refractivity contribution in [3.63, 3.8) is 0 Å². The molecule has 11 nitrogen and oxygen atoms in total. The lowest BCUT2D eigenvalue weighted by atomic mass is 10.0. The van der Waals surface area contributed by atoms with E-state index in [0.717, 1.165) is 38.5 Å². The second-order valence-electron chi connectivity index (χ2n) is 12.5. The Hall–Kier alpha value is -5.58. The molecule has 0 saturated carbocycles. The van der Waals surface area contributed by atoms with Gasteiger partial charge in [-0.1, -0.05) is 66.7 Å². The van der Waals surface area contributed by atoms with E-state index in [1.807, 2.05) is 78.9 Å². The predicted molar refractivity (Wildman–Crippen MR) is 180 cm³/mol. The molecular weight excluding hydrogens is 596 g/mol. The number of nitrogens with one attached hydrogen (secondary N) is 5. The number of hydrogen-bond acceptors (Lipinski definition) is 5. The van der Waals surface area contributed by atoms with Crippen molar-refractivity contribution in [1.29, 1.82) is 0 Å². The monoisotopic (exact) mass is 636 g/mol. The number of nitrogens with two attached hydrogens (primary N) is 1. The van der Waals surface area contributed by atoms with Crippen LogP contribution in [-0.2, 0) is 38.4 Å². The van der Waals surface area contributed by atoms with Gasteiger partial charge in [0.1, 0.15) is 23.7 Å². The number of primary amides is 1. The minimum Gasteiger partial charge on any atom is -0.444 e. The van der Waals surface area contributed by atoms with Crippen LogP contribution in [0.4, 0.5) is 4.79 Å². The van der Waals surface area contributed by atoms with E-state index >= 15 is 0 Å². The summed E-state index contributed by atoms with van der Waals surface area (Å²) in [6, 6.07) is 21.2. The number of aromatic nitrogens is 2. The smallest absolute Gasteiger partial charge is 0.408 e. The van der Waals surface area contributed by atoms with Gasteiger partial charge in [0.15, 0.2) is 0 Å². The Bertz CT molecular complexity index is 1870. The largest absolute Gasteiger partial charge is 0.444 e. The predicted octanol–water partition coefficient (Wildman–Crippen LogP) is 4.03. The van der Waals surface area contributed by atoms with E-state index in [1.54, 1.807) is 33.2 Å². The van der Waals surface area contributed by atoms with E-state index in [0.29, 0.717) is 0 Å². The highest BCUT2D eigenvalue weighted by Crippen LogP contribution is 2.21. The Labute approximate surface area is 272 Å². The number of para-hydroxylation sites is 2. The highest BCUT2D eigenvalue weighted by molar-refractivity contribution is 5.95. The van der Waals surface area contributed by atoms with Gasteiger partial charge in [-0.15, -0.1) is 0 Å². The van der Waals surface area contributed by atoms with Crippen molar-refractivity contribution in [2.24, 2.45) is 5.73 Å². The highest BCUT2D eigenvalue weighted by Gasteiger charge is 2.31. The van der Waals surface area contributed by atoms with Crippen LogP contribution in [0.3, 0.4) is 0 Å². The maximum Gasteiger partial charge on any atom is 0.408 e.